The van der Waals surface area contributed by atoms with E-state index in [1.54, 1.807) is 18.3 Å². The first-order valence-electron chi connectivity index (χ1n) is 8.46. The van der Waals surface area contributed by atoms with Crippen LogP contribution in [-0.2, 0) is 6.42 Å². The molecule has 0 saturated carbocycles. The van der Waals surface area contributed by atoms with E-state index < -0.39 is 0 Å². The number of hydrogen-bond acceptors (Lipinski definition) is 3. The van der Waals surface area contributed by atoms with E-state index in [1.807, 2.05) is 12.1 Å². The number of amides is 1. The molecule has 126 valence electrons. The van der Waals surface area contributed by atoms with Gasteiger partial charge in [-0.05, 0) is 55.5 Å². The molecule has 1 aromatic carbocycles. The minimum atomic E-state index is -0.249. The summed E-state index contributed by atoms with van der Waals surface area (Å²) in [5, 5.41) is 2.88. The second kappa shape index (κ2) is 7.90. The number of carbonyl (C=O) groups is 1. The molecule has 4 nitrogen and oxygen atoms in total. The van der Waals surface area contributed by atoms with Crippen LogP contribution in [0, 0.1) is 5.82 Å². The van der Waals surface area contributed by atoms with Crippen LogP contribution in [0.25, 0.3) is 0 Å². The molecule has 0 bridgehead atoms. The van der Waals surface area contributed by atoms with Crippen molar-refractivity contribution in [2.24, 2.45) is 0 Å². The Morgan fingerprint density at radius 1 is 1.12 bits per heavy atom. The summed E-state index contributed by atoms with van der Waals surface area (Å²) in [6.07, 6.45) is 6.03. The zero-order valence-electron chi connectivity index (χ0n) is 13.7. The summed E-state index contributed by atoms with van der Waals surface area (Å²) in [6, 6.07) is 10.1. The molecule has 3 rings (SSSR count). The lowest BCUT2D eigenvalue weighted by Gasteiger charge is -2.28. The van der Waals surface area contributed by atoms with Crippen LogP contribution in [0.4, 0.5) is 10.1 Å². The van der Waals surface area contributed by atoms with Crippen molar-refractivity contribution < 1.29 is 9.18 Å². The smallest absolute Gasteiger partial charge is 0.269 e. The van der Waals surface area contributed by atoms with E-state index in [0.29, 0.717) is 18.7 Å². The summed E-state index contributed by atoms with van der Waals surface area (Å²) in [4.78, 5) is 18.8. The Balaban J connectivity index is 1.55. The van der Waals surface area contributed by atoms with E-state index in [9.17, 15) is 9.18 Å². The van der Waals surface area contributed by atoms with Crippen molar-refractivity contribution in [3.8, 4) is 0 Å². The van der Waals surface area contributed by atoms with Gasteiger partial charge in [0.2, 0.25) is 0 Å². The maximum Gasteiger partial charge on any atom is 0.269 e. The first kappa shape index (κ1) is 16.4. The van der Waals surface area contributed by atoms with Gasteiger partial charge in [-0.2, -0.15) is 0 Å². The average molecular weight is 327 g/mol. The predicted molar refractivity (Wildman–Crippen MR) is 92.7 cm³/mol. The number of rotatable bonds is 5. The molecule has 1 amide bonds. The molecule has 1 N–H and O–H groups in total. The SMILES string of the molecule is O=C(NCCc1ccc(F)cc1)c1cc(N2CCCCC2)ccn1. The molecule has 24 heavy (non-hydrogen) atoms. The van der Waals surface area contributed by atoms with Crippen LogP contribution in [0.1, 0.15) is 35.3 Å². The van der Waals surface area contributed by atoms with Gasteiger partial charge in [0.25, 0.3) is 5.91 Å². The molecule has 5 heteroatoms. The summed E-state index contributed by atoms with van der Waals surface area (Å²) in [7, 11) is 0. The number of halogens is 1. The fourth-order valence-corrected chi connectivity index (χ4v) is 2.95. The Morgan fingerprint density at radius 3 is 2.62 bits per heavy atom. The number of pyridine rings is 1. The number of nitrogens with zero attached hydrogens (tertiary/aromatic N) is 2. The predicted octanol–water partition coefficient (Wildman–Crippen LogP) is 3.18. The van der Waals surface area contributed by atoms with Crippen molar-refractivity contribution in [1.29, 1.82) is 0 Å². The Morgan fingerprint density at radius 2 is 1.88 bits per heavy atom. The minimum Gasteiger partial charge on any atom is -0.371 e. The third-order valence-electron chi connectivity index (χ3n) is 4.31. The Hall–Kier alpha value is -2.43. The van der Waals surface area contributed by atoms with E-state index in [-0.39, 0.29) is 11.7 Å². The summed E-state index contributed by atoms with van der Waals surface area (Å²) >= 11 is 0. The van der Waals surface area contributed by atoms with Crippen LogP contribution in [0.2, 0.25) is 0 Å². The average Bonchev–Trinajstić information content (AvgIpc) is 2.64. The highest BCUT2D eigenvalue weighted by Gasteiger charge is 2.13. The Bertz CT molecular complexity index is 681. The number of anilines is 1. The van der Waals surface area contributed by atoms with Crippen molar-refractivity contribution in [3.05, 3.63) is 59.7 Å². The Kier molecular flexibility index (Phi) is 5.41. The zero-order valence-corrected chi connectivity index (χ0v) is 13.7. The van der Waals surface area contributed by atoms with Crippen LogP contribution in [0.15, 0.2) is 42.6 Å². The largest absolute Gasteiger partial charge is 0.371 e. The van der Waals surface area contributed by atoms with Gasteiger partial charge in [0.05, 0.1) is 0 Å². The molecular weight excluding hydrogens is 305 g/mol. The van der Waals surface area contributed by atoms with Gasteiger partial charge in [-0.1, -0.05) is 12.1 Å². The first-order chi connectivity index (χ1) is 11.7. The Labute approximate surface area is 141 Å². The van der Waals surface area contributed by atoms with Gasteiger partial charge in [-0.15, -0.1) is 0 Å². The van der Waals surface area contributed by atoms with E-state index in [2.05, 4.69) is 15.2 Å². The van der Waals surface area contributed by atoms with Crippen molar-refractivity contribution in [3.63, 3.8) is 0 Å². The summed E-state index contributed by atoms with van der Waals surface area (Å²) in [5.41, 5.74) is 2.50. The number of piperidine rings is 1. The van der Waals surface area contributed by atoms with Gasteiger partial charge in [-0.25, -0.2) is 4.39 Å². The van der Waals surface area contributed by atoms with Gasteiger partial charge < -0.3 is 10.2 Å². The topological polar surface area (TPSA) is 45.2 Å². The minimum absolute atomic E-state index is 0.170. The van der Waals surface area contributed by atoms with Crippen LogP contribution >= 0.6 is 0 Å². The van der Waals surface area contributed by atoms with Crippen LogP contribution in [-0.4, -0.2) is 30.5 Å². The summed E-state index contributed by atoms with van der Waals surface area (Å²) in [5.74, 6) is -0.419. The lowest BCUT2D eigenvalue weighted by Crippen LogP contribution is -2.30. The summed E-state index contributed by atoms with van der Waals surface area (Å²) in [6.45, 7) is 2.57. The quantitative estimate of drug-likeness (QED) is 0.917. The number of nitrogens with one attached hydrogen (secondary N) is 1. The molecule has 1 saturated heterocycles. The lowest BCUT2D eigenvalue weighted by atomic mass is 10.1. The van der Waals surface area contributed by atoms with E-state index in [0.717, 1.165) is 24.3 Å². The van der Waals surface area contributed by atoms with Crippen molar-refractivity contribution in [2.45, 2.75) is 25.7 Å². The molecule has 0 spiro atoms. The normalized spacial score (nSPS) is 14.5. The number of benzene rings is 1. The maximum absolute atomic E-state index is 12.9. The molecule has 2 heterocycles. The number of hydrogen-bond donors (Lipinski definition) is 1. The highest BCUT2D eigenvalue weighted by molar-refractivity contribution is 5.93. The monoisotopic (exact) mass is 327 g/mol. The van der Waals surface area contributed by atoms with E-state index >= 15 is 0 Å². The fraction of sp³-hybridized carbons (Fsp3) is 0.368. The second-order valence-electron chi connectivity index (χ2n) is 6.08. The molecule has 2 aromatic rings. The second-order valence-corrected chi connectivity index (χ2v) is 6.08. The first-order valence-corrected chi connectivity index (χ1v) is 8.46. The van der Waals surface area contributed by atoms with Gasteiger partial charge in [-0.3, -0.25) is 9.78 Å². The van der Waals surface area contributed by atoms with Crippen molar-refractivity contribution >= 4 is 11.6 Å². The van der Waals surface area contributed by atoms with Gasteiger partial charge in [0, 0.05) is 31.5 Å². The lowest BCUT2D eigenvalue weighted by molar-refractivity contribution is 0.0949. The fourth-order valence-electron chi connectivity index (χ4n) is 2.95. The molecule has 0 aliphatic carbocycles. The van der Waals surface area contributed by atoms with Gasteiger partial charge in [0.15, 0.2) is 0 Å². The van der Waals surface area contributed by atoms with E-state index in [4.69, 9.17) is 0 Å². The highest BCUT2D eigenvalue weighted by atomic mass is 19.1. The van der Waals surface area contributed by atoms with Crippen LogP contribution in [0.5, 0.6) is 0 Å². The van der Waals surface area contributed by atoms with Gasteiger partial charge in [0.1, 0.15) is 11.5 Å². The molecule has 1 aliphatic rings. The van der Waals surface area contributed by atoms with Crippen molar-refractivity contribution in [1.82, 2.24) is 10.3 Å². The number of aromatic nitrogens is 1. The van der Waals surface area contributed by atoms with Crippen molar-refractivity contribution in [2.75, 3.05) is 24.5 Å². The van der Waals surface area contributed by atoms with Crippen LogP contribution < -0.4 is 10.2 Å². The third-order valence-corrected chi connectivity index (χ3v) is 4.31. The van der Waals surface area contributed by atoms with Crippen LogP contribution in [0.3, 0.4) is 0 Å². The molecule has 0 atom stereocenters. The maximum atomic E-state index is 12.9. The summed E-state index contributed by atoms with van der Waals surface area (Å²) < 4.78 is 12.9. The zero-order chi connectivity index (χ0) is 16.8. The molecule has 0 radical (unpaired) electrons. The molecule has 0 unspecified atom stereocenters. The highest BCUT2D eigenvalue weighted by Crippen LogP contribution is 2.19. The standard InChI is InChI=1S/C19H22FN3O/c20-16-6-4-15(5-7-16)8-10-22-19(24)18-14-17(9-11-21-18)23-12-2-1-3-13-23/h4-7,9,11,14H,1-3,8,10,12-13H2,(H,22,24). The molecule has 1 aromatic heterocycles. The molecular formula is C19H22FN3O. The molecule has 1 fully saturated rings. The number of carbonyl (C=O) groups excluding carboxylic acids is 1. The van der Waals surface area contributed by atoms with E-state index in [1.165, 1.54) is 31.4 Å². The van der Waals surface area contributed by atoms with Gasteiger partial charge >= 0.3 is 0 Å². The third kappa shape index (κ3) is 4.31. The molecule has 1 aliphatic heterocycles.